The number of imidazole rings is 1. The number of fused-ring (bicyclic) bond motifs is 1. The predicted molar refractivity (Wildman–Crippen MR) is 155 cm³/mol. The fourth-order valence-corrected chi connectivity index (χ4v) is 5.68. The number of rotatable bonds is 6. The smallest absolute Gasteiger partial charge is 0.272 e. The standard InChI is InChI=1S/C31H29N9O2/c1-20-18-39(19-33-20)25-8-9-28-26(17-25)34-30(42-28)24-10-13-32-27(16-24)31(41)38-14-11-23(12-15-38)29(22-6-4-3-5-7-22)40-36-21(2)35-37-40/h3-10,13,16-19,23,29H,11-12,14-15H2,1-2H3. The largest absolute Gasteiger partial charge is 0.436 e. The van der Waals surface area contributed by atoms with Gasteiger partial charge in [0.2, 0.25) is 5.89 Å². The van der Waals surface area contributed by atoms with Crippen molar-refractivity contribution in [3.8, 4) is 17.1 Å². The number of benzene rings is 2. The number of carbonyl (C=O) groups excluding carboxylic acids is 1. The molecule has 5 heterocycles. The van der Waals surface area contributed by atoms with Crippen molar-refractivity contribution < 1.29 is 9.21 Å². The molecule has 1 aliphatic rings. The lowest BCUT2D eigenvalue weighted by Gasteiger charge is -2.35. The molecule has 6 aromatic rings. The Bertz CT molecular complexity index is 1870. The number of oxazole rings is 1. The quantitative estimate of drug-likeness (QED) is 0.285. The van der Waals surface area contributed by atoms with E-state index in [0.29, 0.717) is 41.6 Å². The van der Waals surface area contributed by atoms with E-state index in [-0.39, 0.29) is 17.9 Å². The maximum Gasteiger partial charge on any atom is 0.272 e. The van der Waals surface area contributed by atoms with Crippen molar-refractivity contribution in [2.75, 3.05) is 13.1 Å². The number of piperidine rings is 1. The number of pyridine rings is 1. The molecule has 1 atom stereocenters. The van der Waals surface area contributed by atoms with E-state index in [1.54, 1.807) is 23.4 Å². The van der Waals surface area contributed by atoms with Crippen LogP contribution in [0.1, 0.15) is 46.5 Å². The average Bonchev–Trinajstić information content (AvgIpc) is 3.77. The van der Waals surface area contributed by atoms with Gasteiger partial charge in [-0.05, 0) is 73.7 Å². The first-order valence-electron chi connectivity index (χ1n) is 14.0. The van der Waals surface area contributed by atoms with Crippen LogP contribution < -0.4 is 0 Å². The highest BCUT2D eigenvalue weighted by molar-refractivity contribution is 5.93. The van der Waals surface area contributed by atoms with Gasteiger partial charge >= 0.3 is 0 Å². The monoisotopic (exact) mass is 559 g/mol. The molecule has 1 fully saturated rings. The number of aromatic nitrogens is 8. The van der Waals surface area contributed by atoms with E-state index in [4.69, 9.17) is 9.40 Å². The van der Waals surface area contributed by atoms with Crippen LogP contribution in [0.2, 0.25) is 0 Å². The van der Waals surface area contributed by atoms with Gasteiger partial charge in [-0.15, -0.1) is 10.2 Å². The molecule has 1 aliphatic heterocycles. The van der Waals surface area contributed by atoms with Gasteiger partial charge in [-0.3, -0.25) is 9.78 Å². The summed E-state index contributed by atoms with van der Waals surface area (Å²) >= 11 is 0. The zero-order chi connectivity index (χ0) is 28.6. The van der Waals surface area contributed by atoms with Gasteiger partial charge in [-0.1, -0.05) is 30.3 Å². The van der Waals surface area contributed by atoms with E-state index < -0.39 is 0 Å². The van der Waals surface area contributed by atoms with Crippen molar-refractivity contribution in [3.05, 3.63) is 102 Å². The lowest BCUT2D eigenvalue weighted by Crippen LogP contribution is -2.41. The normalized spacial score (nSPS) is 14.9. The minimum absolute atomic E-state index is 0.0384. The van der Waals surface area contributed by atoms with Gasteiger partial charge in [-0.25, -0.2) is 9.97 Å². The molecule has 11 heteroatoms. The molecule has 0 bridgehead atoms. The number of tetrazole rings is 1. The summed E-state index contributed by atoms with van der Waals surface area (Å²) in [6.07, 6.45) is 6.99. The molecule has 1 unspecified atom stereocenters. The Balaban J connectivity index is 1.08. The summed E-state index contributed by atoms with van der Waals surface area (Å²) in [6.45, 7) is 5.03. The van der Waals surface area contributed by atoms with Crippen LogP contribution in [0.5, 0.6) is 0 Å². The van der Waals surface area contributed by atoms with Crippen LogP contribution in [-0.2, 0) is 0 Å². The summed E-state index contributed by atoms with van der Waals surface area (Å²) in [5, 5.41) is 12.9. The van der Waals surface area contributed by atoms with Gasteiger partial charge in [0.15, 0.2) is 11.4 Å². The molecule has 7 rings (SSSR count). The number of hydrogen-bond acceptors (Lipinski definition) is 8. The number of amides is 1. The number of aryl methyl sites for hydroxylation is 2. The molecule has 1 saturated heterocycles. The second-order valence-corrected chi connectivity index (χ2v) is 10.7. The SMILES string of the molecule is Cc1cn(-c2ccc3oc(-c4ccnc(C(=O)N5CCC(C(c6ccccc6)n6nnc(C)n6)CC5)c4)nc3c2)cn1. The summed E-state index contributed by atoms with van der Waals surface area (Å²) < 4.78 is 7.99. The van der Waals surface area contributed by atoms with Crippen LogP contribution in [0.15, 0.2) is 83.8 Å². The van der Waals surface area contributed by atoms with Gasteiger partial charge < -0.3 is 13.9 Å². The Labute approximate surface area is 241 Å². The summed E-state index contributed by atoms with van der Waals surface area (Å²) in [5.74, 6) is 1.25. The second-order valence-electron chi connectivity index (χ2n) is 10.7. The third-order valence-corrected chi connectivity index (χ3v) is 7.80. The lowest BCUT2D eigenvalue weighted by atomic mass is 9.85. The Morgan fingerprint density at radius 2 is 1.83 bits per heavy atom. The average molecular weight is 560 g/mol. The zero-order valence-corrected chi connectivity index (χ0v) is 23.3. The molecule has 11 nitrogen and oxygen atoms in total. The Morgan fingerprint density at radius 1 is 1.00 bits per heavy atom. The summed E-state index contributed by atoms with van der Waals surface area (Å²) in [6, 6.07) is 19.6. The molecule has 42 heavy (non-hydrogen) atoms. The van der Waals surface area contributed by atoms with Crippen LogP contribution in [-0.4, -0.2) is 63.6 Å². The van der Waals surface area contributed by atoms with Crippen molar-refractivity contribution in [1.82, 2.24) is 44.6 Å². The third-order valence-electron chi connectivity index (χ3n) is 7.80. The summed E-state index contributed by atoms with van der Waals surface area (Å²) in [4.78, 5) is 30.5. The minimum atomic E-state index is -0.102. The van der Waals surface area contributed by atoms with Crippen LogP contribution in [0, 0.1) is 19.8 Å². The first kappa shape index (κ1) is 25.8. The van der Waals surface area contributed by atoms with Crippen molar-refractivity contribution >= 4 is 17.0 Å². The molecule has 0 aliphatic carbocycles. The topological polar surface area (TPSA) is 121 Å². The van der Waals surface area contributed by atoms with Crippen LogP contribution in [0.4, 0.5) is 0 Å². The van der Waals surface area contributed by atoms with E-state index in [1.807, 2.05) is 72.0 Å². The lowest BCUT2D eigenvalue weighted by molar-refractivity contribution is 0.0658. The fourth-order valence-electron chi connectivity index (χ4n) is 5.68. The fraction of sp³-hybridized carbons (Fsp3) is 0.258. The van der Waals surface area contributed by atoms with Crippen molar-refractivity contribution in [1.29, 1.82) is 0 Å². The van der Waals surface area contributed by atoms with Gasteiger partial charge in [-0.2, -0.15) is 4.80 Å². The Morgan fingerprint density at radius 3 is 2.57 bits per heavy atom. The number of likely N-dealkylation sites (tertiary alicyclic amines) is 1. The molecule has 4 aromatic heterocycles. The van der Waals surface area contributed by atoms with E-state index in [1.165, 1.54) is 0 Å². The molecular formula is C31H29N9O2. The molecule has 1 amide bonds. The van der Waals surface area contributed by atoms with Crippen molar-refractivity contribution in [3.63, 3.8) is 0 Å². The minimum Gasteiger partial charge on any atom is -0.436 e. The third kappa shape index (κ3) is 4.93. The van der Waals surface area contributed by atoms with Crippen LogP contribution in [0.25, 0.3) is 28.2 Å². The van der Waals surface area contributed by atoms with E-state index in [9.17, 15) is 4.79 Å². The predicted octanol–water partition coefficient (Wildman–Crippen LogP) is 4.82. The van der Waals surface area contributed by atoms with Gasteiger partial charge in [0.25, 0.3) is 5.91 Å². The van der Waals surface area contributed by atoms with E-state index in [2.05, 4.69) is 37.5 Å². The zero-order valence-electron chi connectivity index (χ0n) is 23.3. The van der Waals surface area contributed by atoms with Crippen LogP contribution >= 0.6 is 0 Å². The second kappa shape index (κ2) is 10.7. The Kier molecular flexibility index (Phi) is 6.54. The molecule has 0 saturated carbocycles. The van der Waals surface area contributed by atoms with Gasteiger partial charge in [0.05, 0.1) is 12.0 Å². The van der Waals surface area contributed by atoms with E-state index in [0.717, 1.165) is 35.3 Å². The molecular weight excluding hydrogens is 530 g/mol. The van der Waals surface area contributed by atoms with Crippen molar-refractivity contribution in [2.24, 2.45) is 5.92 Å². The summed E-state index contributed by atoms with van der Waals surface area (Å²) in [5.41, 5.74) is 5.49. The number of nitrogens with zero attached hydrogens (tertiary/aromatic N) is 9. The van der Waals surface area contributed by atoms with Gasteiger partial charge in [0, 0.05) is 36.7 Å². The highest BCUT2D eigenvalue weighted by atomic mass is 16.3. The van der Waals surface area contributed by atoms with Crippen molar-refractivity contribution in [2.45, 2.75) is 32.7 Å². The molecule has 0 radical (unpaired) electrons. The maximum absolute atomic E-state index is 13.5. The first-order chi connectivity index (χ1) is 20.5. The highest BCUT2D eigenvalue weighted by Crippen LogP contribution is 2.34. The molecule has 0 spiro atoms. The van der Waals surface area contributed by atoms with E-state index >= 15 is 0 Å². The highest BCUT2D eigenvalue weighted by Gasteiger charge is 2.32. The first-order valence-corrected chi connectivity index (χ1v) is 14.0. The summed E-state index contributed by atoms with van der Waals surface area (Å²) in [7, 11) is 0. The number of hydrogen-bond donors (Lipinski definition) is 0. The maximum atomic E-state index is 13.5. The van der Waals surface area contributed by atoms with Crippen LogP contribution in [0.3, 0.4) is 0 Å². The number of carbonyl (C=O) groups is 1. The molecule has 0 N–H and O–H groups in total. The molecule has 2 aromatic carbocycles. The molecule has 210 valence electrons. The Hall–Kier alpha value is -5.19. The van der Waals surface area contributed by atoms with Gasteiger partial charge in [0.1, 0.15) is 17.3 Å².